The van der Waals surface area contributed by atoms with Crippen LogP contribution in [0.2, 0.25) is 0 Å². The monoisotopic (exact) mass is 492 g/mol. The van der Waals surface area contributed by atoms with Crippen molar-refractivity contribution in [1.29, 1.82) is 0 Å². The summed E-state index contributed by atoms with van der Waals surface area (Å²) in [6.45, 7) is 5.38. The molecule has 12 heteroatoms. The van der Waals surface area contributed by atoms with Crippen LogP contribution >= 0.6 is 11.8 Å². The van der Waals surface area contributed by atoms with Crippen molar-refractivity contribution in [3.05, 3.63) is 29.5 Å². The maximum absolute atomic E-state index is 13.5. The van der Waals surface area contributed by atoms with Crippen LogP contribution in [-0.2, 0) is 36.6 Å². The predicted molar refractivity (Wildman–Crippen MR) is 125 cm³/mol. The highest BCUT2D eigenvalue weighted by atomic mass is 32.2. The Morgan fingerprint density at radius 1 is 1.12 bits per heavy atom. The van der Waals surface area contributed by atoms with Gasteiger partial charge in [-0.3, -0.25) is 4.68 Å². The smallest absolute Gasteiger partial charge is 0.243 e. The van der Waals surface area contributed by atoms with E-state index in [1.54, 1.807) is 17.8 Å². The van der Waals surface area contributed by atoms with Gasteiger partial charge in [-0.05, 0) is 24.8 Å². The molecule has 0 saturated heterocycles. The lowest BCUT2D eigenvalue weighted by molar-refractivity contribution is 0.353. The Labute approximate surface area is 197 Å². The van der Waals surface area contributed by atoms with Gasteiger partial charge in [0.25, 0.3) is 0 Å². The second-order valence-electron chi connectivity index (χ2n) is 7.49. The summed E-state index contributed by atoms with van der Waals surface area (Å²) in [6.07, 6.45) is 0.558. The van der Waals surface area contributed by atoms with E-state index in [2.05, 4.69) is 17.1 Å². The third kappa shape index (κ3) is 4.11. The van der Waals surface area contributed by atoms with Crippen LogP contribution in [0.4, 0.5) is 0 Å². The number of ether oxygens (including phenoxy) is 2. The summed E-state index contributed by atoms with van der Waals surface area (Å²) in [5.74, 6) is 2.40. The molecule has 3 heterocycles. The zero-order chi connectivity index (χ0) is 23.8. The van der Waals surface area contributed by atoms with Gasteiger partial charge in [-0.25, -0.2) is 8.42 Å². The number of sulfonamides is 1. The van der Waals surface area contributed by atoms with Crippen LogP contribution in [0.5, 0.6) is 11.5 Å². The number of aryl methyl sites for hydroxylation is 1. The number of thioether (sulfide) groups is 1. The van der Waals surface area contributed by atoms with E-state index in [0.717, 1.165) is 22.2 Å². The van der Waals surface area contributed by atoms with Crippen molar-refractivity contribution in [2.45, 2.75) is 43.4 Å². The Morgan fingerprint density at radius 2 is 1.88 bits per heavy atom. The van der Waals surface area contributed by atoms with Crippen LogP contribution in [0.1, 0.15) is 25.1 Å². The fraction of sp³-hybridized carbons (Fsp3) is 0.476. The molecular weight excluding hydrogens is 464 g/mol. The fourth-order valence-electron chi connectivity index (χ4n) is 4.06. The van der Waals surface area contributed by atoms with Crippen molar-refractivity contribution >= 4 is 21.8 Å². The molecule has 0 amide bonds. The minimum atomic E-state index is -3.76. The molecule has 33 heavy (non-hydrogen) atoms. The summed E-state index contributed by atoms with van der Waals surface area (Å²) in [5, 5.41) is 14.3. The first-order valence-corrected chi connectivity index (χ1v) is 13.1. The van der Waals surface area contributed by atoms with Crippen LogP contribution in [0.3, 0.4) is 0 Å². The summed E-state index contributed by atoms with van der Waals surface area (Å²) in [6, 6.07) is 4.64. The molecule has 1 aliphatic heterocycles. The number of hydrogen-bond acceptors (Lipinski definition) is 8. The van der Waals surface area contributed by atoms with E-state index >= 15 is 0 Å². The van der Waals surface area contributed by atoms with Crippen LogP contribution in [0, 0.1) is 0 Å². The standard InChI is InChI=1S/C21H28N6O4S2/c1-6-27-20(22-23-21(27)32-7-2)19-15-13-26(11-10-16(15)25(3)24-19)33(28,29)14-8-9-17(30-4)18(12-14)31-5/h8-9,12H,6-7,10-11,13H2,1-5H3. The topological polar surface area (TPSA) is 104 Å². The SMILES string of the molecule is CCSc1nnc(-c2nn(C)c3c2CN(S(=O)(=O)c2ccc(OC)c(OC)c2)CC3)n1CC. The largest absolute Gasteiger partial charge is 0.493 e. The van der Waals surface area contributed by atoms with Crippen LogP contribution in [-0.4, -0.2) is 63.8 Å². The van der Waals surface area contributed by atoms with Gasteiger partial charge in [0.2, 0.25) is 10.0 Å². The van der Waals surface area contributed by atoms with Crippen molar-refractivity contribution in [3.8, 4) is 23.0 Å². The minimum Gasteiger partial charge on any atom is -0.493 e. The molecule has 0 saturated carbocycles. The predicted octanol–water partition coefficient (Wildman–Crippen LogP) is 2.57. The highest BCUT2D eigenvalue weighted by molar-refractivity contribution is 7.99. The van der Waals surface area contributed by atoms with Gasteiger partial charge in [0.05, 0.1) is 19.1 Å². The van der Waals surface area contributed by atoms with Gasteiger partial charge in [0.1, 0.15) is 5.69 Å². The maximum atomic E-state index is 13.5. The molecule has 0 atom stereocenters. The molecule has 178 valence electrons. The molecule has 0 N–H and O–H groups in total. The van der Waals surface area contributed by atoms with Gasteiger partial charge in [0, 0.05) is 50.4 Å². The number of hydrogen-bond donors (Lipinski definition) is 0. The molecule has 0 spiro atoms. The van der Waals surface area contributed by atoms with E-state index in [-0.39, 0.29) is 11.4 Å². The van der Waals surface area contributed by atoms with Gasteiger partial charge in [-0.1, -0.05) is 18.7 Å². The average Bonchev–Trinajstić information content (AvgIpc) is 3.38. The lowest BCUT2D eigenvalue weighted by Gasteiger charge is -2.27. The van der Waals surface area contributed by atoms with Gasteiger partial charge >= 0.3 is 0 Å². The van der Waals surface area contributed by atoms with E-state index in [1.165, 1.54) is 30.7 Å². The van der Waals surface area contributed by atoms with Crippen molar-refractivity contribution < 1.29 is 17.9 Å². The molecule has 0 radical (unpaired) electrons. The number of benzene rings is 1. The molecule has 2 aromatic heterocycles. The highest BCUT2D eigenvalue weighted by Crippen LogP contribution is 2.35. The Kier molecular flexibility index (Phi) is 6.68. The number of nitrogens with zero attached hydrogens (tertiary/aromatic N) is 6. The van der Waals surface area contributed by atoms with E-state index in [9.17, 15) is 8.42 Å². The van der Waals surface area contributed by atoms with Gasteiger partial charge in [-0.2, -0.15) is 9.40 Å². The third-order valence-corrected chi connectivity index (χ3v) is 8.41. The Balaban J connectivity index is 1.72. The van der Waals surface area contributed by atoms with Crippen molar-refractivity contribution in [2.24, 2.45) is 7.05 Å². The number of fused-ring (bicyclic) bond motifs is 1. The molecule has 1 aliphatic rings. The zero-order valence-corrected chi connectivity index (χ0v) is 21.0. The quantitative estimate of drug-likeness (QED) is 0.442. The molecule has 4 rings (SSSR count). The minimum absolute atomic E-state index is 0.160. The number of methoxy groups -OCH3 is 2. The Bertz CT molecular complexity index is 1270. The fourth-order valence-corrected chi connectivity index (χ4v) is 6.22. The second-order valence-corrected chi connectivity index (χ2v) is 10.7. The maximum Gasteiger partial charge on any atom is 0.243 e. The first-order chi connectivity index (χ1) is 15.8. The van der Waals surface area contributed by atoms with Gasteiger partial charge < -0.3 is 14.0 Å². The number of rotatable bonds is 8. The third-order valence-electron chi connectivity index (χ3n) is 5.72. The molecule has 1 aromatic carbocycles. The lowest BCUT2D eigenvalue weighted by Crippen LogP contribution is -2.36. The normalized spacial score (nSPS) is 14.3. The van der Waals surface area contributed by atoms with E-state index in [1.807, 2.05) is 23.2 Å². The second kappa shape index (κ2) is 9.35. The van der Waals surface area contributed by atoms with Crippen LogP contribution < -0.4 is 9.47 Å². The molecule has 0 fully saturated rings. The van der Waals surface area contributed by atoms with E-state index in [4.69, 9.17) is 14.6 Å². The van der Waals surface area contributed by atoms with Gasteiger partial charge in [0.15, 0.2) is 22.5 Å². The summed E-state index contributed by atoms with van der Waals surface area (Å²) in [4.78, 5) is 0.160. The first kappa shape index (κ1) is 23.6. The molecule has 3 aromatic rings. The molecule has 0 aliphatic carbocycles. The van der Waals surface area contributed by atoms with E-state index < -0.39 is 10.0 Å². The number of aromatic nitrogens is 5. The van der Waals surface area contributed by atoms with Crippen LogP contribution in [0.25, 0.3) is 11.5 Å². The molecule has 10 nitrogen and oxygen atoms in total. The van der Waals surface area contributed by atoms with Crippen molar-refractivity contribution in [1.82, 2.24) is 28.9 Å². The molecule has 0 bridgehead atoms. The molecular formula is C21H28N6O4S2. The summed E-state index contributed by atoms with van der Waals surface area (Å²) in [5.41, 5.74) is 2.55. The van der Waals surface area contributed by atoms with Gasteiger partial charge in [-0.15, -0.1) is 10.2 Å². The Hall–Kier alpha value is -2.57. The lowest BCUT2D eigenvalue weighted by atomic mass is 10.1. The van der Waals surface area contributed by atoms with Crippen molar-refractivity contribution in [2.75, 3.05) is 26.5 Å². The molecule has 0 unspecified atom stereocenters. The average molecular weight is 493 g/mol. The Morgan fingerprint density at radius 3 is 2.55 bits per heavy atom. The summed E-state index contributed by atoms with van der Waals surface area (Å²) in [7, 11) is 1.13. The van der Waals surface area contributed by atoms with E-state index in [0.29, 0.717) is 42.5 Å². The van der Waals surface area contributed by atoms with Crippen LogP contribution in [0.15, 0.2) is 28.3 Å². The first-order valence-electron chi connectivity index (χ1n) is 10.7. The highest BCUT2D eigenvalue weighted by Gasteiger charge is 2.34. The van der Waals surface area contributed by atoms with Crippen molar-refractivity contribution in [3.63, 3.8) is 0 Å². The summed E-state index contributed by atoms with van der Waals surface area (Å²) < 4.78 is 42.9. The summed E-state index contributed by atoms with van der Waals surface area (Å²) >= 11 is 1.62. The zero-order valence-electron chi connectivity index (χ0n) is 19.4.